The van der Waals surface area contributed by atoms with E-state index in [4.69, 9.17) is 9.05 Å². The molecule has 118 valence electrons. The van der Waals surface area contributed by atoms with E-state index in [1.165, 1.54) is 7.11 Å². The van der Waals surface area contributed by atoms with Crippen molar-refractivity contribution >= 4 is 17.9 Å². The van der Waals surface area contributed by atoms with Gasteiger partial charge >= 0.3 is 136 Å². The maximum absolute atomic E-state index is 11.9. The van der Waals surface area contributed by atoms with E-state index in [0.717, 1.165) is 0 Å². The third-order valence-corrected chi connectivity index (χ3v) is 7.42. The molecule has 4 heteroatoms. The second-order valence-corrected chi connectivity index (χ2v) is 8.58. The molecule has 0 saturated carbocycles. The molecule has 0 aromatic heterocycles. The van der Waals surface area contributed by atoms with Crippen LogP contribution in [-0.4, -0.2) is 12.0 Å². The van der Waals surface area contributed by atoms with Crippen LogP contribution in [0.4, 0.5) is 0 Å². The summed E-state index contributed by atoms with van der Waals surface area (Å²) in [7, 11) is -2.78. The average molecular weight is 326 g/mol. The Labute approximate surface area is 136 Å². The Morgan fingerprint density at radius 3 is 1.43 bits per heavy atom. The minimum absolute atomic E-state index is 0.558. The van der Waals surface area contributed by atoms with Gasteiger partial charge in [-0.1, -0.05) is 0 Å². The van der Waals surface area contributed by atoms with Crippen LogP contribution in [0.25, 0.3) is 0 Å². The quantitative estimate of drug-likeness (QED) is 0.727. The van der Waals surface area contributed by atoms with Crippen molar-refractivity contribution in [3.63, 3.8) is 0 Å². The van der Waals surface area contributed by atoms with Gasteiger partial charge in [0.25, 0.3) is 0 Å². The van der Waals surface area contributed by atoms with Crippen LogP contribution in [0.2, 0.25) is 0 Å². The van der Waals surface area contributed by atoms with Gasteiger partial charge in [0.2, 0.25) is 0 Å². The summed E-state index contributed by atoms with van der Waals surface area (Å²) in [5.41, 5.74) is 0. The number of para-hydroxylation sites is 1. The molecule has 0 spiro atoms. The molecule has 3 rings (SSSR count). The molecule has 0 heterocycles. The molecule has 3 aromatic rings. The Balaban J connectivity index is 2.24. The van der Waals surface area contributed by atoms with Gasteiger partial charge in [-0.05, 0) is 0 Å². The van der Waals surface area contributed by atoms with Crippen LogP contribution in [0.3, 0.4) is 0 Å². The van der Waals surface area contributed by atoms with Gasteiger partial charge in [0.1, 0.15) is 0 Å². The van der Waals surface area contributed by atoms with E-state index in [1.807, 2.05) is 91.0 Å². The van der Waals surface area contributed by atoms with Crippen molar-refractivity contribution in [2.75, 3.05) is 7.11 Å². The predicted molar refractivity (Wildman–Crippen MR) is 95.4 cm³/mol. The van der Waals surface area contributed by atoms with Gasteiger partial charge in [-0.25, -0.2) is 0 Å². The summed E-state index contributed by atoms with van der Waals surface area (Å²) in [4.78, 5) is 11.9. The van der Waals surface area contributed by atoms with Crippen LogP contribution >= 0.6 is 7.28 Å². The first-order valence-corrected chi connectivity index (χ1v) is 9.38. The normalized spacial score (nSPS) is 13.0. The fourth-order valence-electron chi connectivity index (χ4n) is 2.56. The van der Waals surface area contributed by atoms with Gasteiger partial charge in [0.05, 0.1) is 0 Å². The van der Waals surface area contributed by atoms with Crippen LogP contribution in [0.1, 0.15) is 0 Å². The first-order chi connectivity index (χ1) is 11.2. The topological polar surface area (TPSA) is 38.7 Å². The molecule has 0 aliphatic carbocycles. The van der Waals surface area contributed by atoms with Crippen LogP contribution < -0.4 is 15.1 Å². The monoisotopic (exact) mass is 326 g/mol. The molecule has 1 N–H and O–H groups in total. The predicted octanol–water partition coefficient (Wildman–Crippen LogP) is 3.65. The molecule has 0 unspecified atom stereocenters. The molecule has 0 atom stereocenters. The molecule has 0 aliphatic rings. The second kappa shape index (κ2) is 6.13. The zero-order valence-electron chi connectivity index (χ0n) is 12.9. The molecule has 0 aliphatic heterocycles. The number of benzene rings is 3. The van der Waals surface area contributed by atoms with Crippen molar-refractivity contribution in [2.24, 2.45) is 0 Å². The van der Waals surface area contributed by atoms with Gasteiger partial charge in [-0.3, -0.25) is 0 Å². The summed E-state index contributed by atoms with van der Waals surface area (Å²) >= 11 is 0. The summed E-state index contributed by atoms with van der Waals surface area (Å²) in [6.45, 7) is 0. The van der Waals surface area contributed by atoms with Crippen molar-refractivity contribution in [1.29, 1.82) is 0 Å². The van der Waals surface area contributed by atoms with Crippen LogP contribution in [0.15, 0.2) is 91.0 Å². The molecule has 3 aromatic carbocycles. The summed E-state index contributed by atoms with van der Waals surface area (Å²) < 4.78 is 11.9. The van der Waals surface area contributed by atoms with E-state index in [0.29, 0.717) is 16.4 Å². The molecular weight excluding hydrogens is 307 g/mol. The van der Waals surface area contributed by atoms with E-state index in [1.54, 1.807) is 0 Å². The van der Waals surface area contributed by atoms with E-state index >= 15 is 0 Å². The van der Waals surface area contributed by atoms with Crippen LogP contribution in [0, 0.1) is 0 Å². The van der Waals surface area contributed by atoms with Gasteiger partial charge < -0.3 is 0 Å². The Morgan fingerprint density at radius 1 is 0.652 bits per heavy atom. The number of rotatable bonds is 5. The van der Waals surface area contributed by atoms with Gasteiger partial charge in [-0.15, -0.1) is 0 Å². The Kier molecular flexibility index (Phi) is 4.18. The molecule has 0 radical (unpaired) electrons. The second-order valence-electron chi connectivity index (χ2n) is 5.17. The molecule has 3 nitrogen and oxygen atoms in total. The molecule has 0 fully saturated rings. The average Bonchev–Trinajstić information content (AvgIpc) is 2.64. The third kappa shape index (κ3) is 2.75. The van der Waals surface area contributed by atoms with E-state index in [2.05, 4.69) is 0 Å². The SMILES string of the molecule is COP(O)(Oc1ccccc1)(c1ccccc1)c1ccccc1. The zero-order chi connectivity index (χ0) is 16.2. The summed E-state index contributed by atoms with van der Waals surface area (Å²) in [6, 6.07) is 27.8. The maximum atomic E-state index is 11.9. The summed E-state index contributed by atoms with van der Waals surface area (Å²) in [5.74, 6) is 0.558. The van der Waals surface area contributed by atoms with Gasteiger partial charge in [0, 0.05) is 0 Å². The van der Waals surface area contributed by atoms with Gasteiger partial charge in [0.15, 0.2) is 0 Å². The van der Waals surface area contributed by atoms with Gasteiger partial charge in [-0.2, -0.15) is 0 Å². The molecular formula is C19H19O3P. The summed E-state index contributed by atoms with van der Waals surface area (Å²) in [6.07, 6.45) is 0. The Hall–Kier alpha value is -2.19. The fraction of sp³-hybridized carbons (Fsp3) is 0.0526. The Bertz CT molecular complexity index is 721. The van der Waals surface area contributed by atoms with Crippen LogP contribution in [-0.2, 0) is 4.52 Å². The Morgan fingerprint density at radius 2 is 1.04 bits per heavy atom. The summed E-state index contributed by atoms with van der Waals surface area (Å²) in [5, 5.41) is 1.24. The standard InChI is InChI=1S/C19H19O3P/c1-21-23(20,18-13-7-3-8-14-18,19-15-9-4-10-16-19)22-17-11-5-2-6-12-17/h2-16,20H,1H3. The first kappa shape index (κ1) is 15.7. The van der Waals surface area contributed by atoms with Crippen molar-refractivity contribution < 1.29 is 13.9 Å². The zero-order valence-corrected chi connectivity index (χ0v) is 13.8. The third-order valence-electron chi connectivity index (χ3n) is 3.78. The first-order valence-electron chi connectivity index (χ1n) is 7.36. The van der Waals surface area contributed by atoms with Crippen molar-refractivity contribution in [1.82, 2.24) is 0 Å². The number of hydrogen-bond acceptors (Lipinski definition) is 3. The van der Waals surface area contributed by atoms with Crippen molar-refractivity contribution in [3.8, 4) is 5.75 Å². The van der Waals surface area contributed by atoms with E-state index in [-0.39, 0.29) is 0 Å². The van der Waals surface area contributed by atoms with E-state index in [9.17, 15) is 4.89 Å². The molecule has 0 amide bonds. The minimum atomic E-state index is -4.26. The van der Waals surface area contributed by atoms with E-state index < -0.39 is 7.28 Å². The molecule has 23 heavy (non-hydrogen) atoms. The molecule has 0 bridgehead atoms. The number of hydrogen-bond donors (Lipinski definition) is 1. The fourth-order valence-corrected chi connectivity index (χ4v) is 5.48. The van der Waals surface area contributed by atoms with Crippen molar-refractivity contribution in [2.45, 2.75) is 0 Å². The van der Waals surface area contributed by atoms with Crippen LogP contribution in [0.5, 0.6) is 5.75 Å². The van der Waals surface area contributed by atoms with Crippen molar-refractivity contribution in [3.05, 3.63) is 91.0 Å². The molecule has 0 saturated heterocycles.